The van der Waals surface area contributed by atoms with E-state index in [9.17, 15) is 9.90 Å². The molecule has 0 spiro atoms. The van der Waals surface area contributed by atoms with Gasteiger partial charge in [0.25, 0.3) is 0 Å². The normalized spacial score (nSPS) is 15.3. The summed E-state index contributed by atoms with van der Waals surface area (Å²) in [7, 11) is 0. The summed E-state index contributed by atoms with van der Waals surface area (Å²) in [6.07, 6.45) is 2.96. The van der Waals surface area contributed by atoms with Crippen LogP contribution >= 0.6 is 11.6 Å². The number of para-hydroxylation sites is 1. The Morgan fingerprint density at radius 3 is 2.73 bits per heavy atom. The van der Waals surface area contributed by atoms with Gasteiger partial charge in [0.2, 0.25) is 0 Å². The maximum atomic E-state index is 12.9. The zero-order valence-electron chi connectivity index (χ0n) is 14.7. The molecule has 134 valence electrons. The molecule has 26 heavy (non-hydrogen) atoms. The Morgan fingerprint density at radius 1 is 1.27 bits per heavy atom. The molecule has 1 aliphatic rings. The van der Waals surface area contributed by atoms with Crippen molar-refractivity contribution in [1.82, 2.24) is 9.55 Å². The fourth-order valence-corrected chi connectivity index (χ4v) is 3.61. The van der Waals surface area contributed by atoms with Crippen LogP contribution in [0.3, 0.4) is 0 Å². The Hall–Kier alpha value is -2.17. The van der Waals surface area contributed by atoms with Gasteiger partial charge < -0.3 is 5.11 Å². The highest BCUT2D eigenvalue weighted by Gasteiger charge is 2.25. The number of fused-ring (bicyclic) bond motifs is 1. The van der Waals surface area contributed by atoms with Gasteiger partial charge >= 0.3 is 5.69 Å². The summed E-state index contributed by atoms with van der Waals surface area (Å²) in [5.74, 6) is 0.631. The molecule has 4 rings (SSSR count). The Bertz CT molecular complexity index is 1020. The molecule has 1 aliphatic carbocycles. The predicted octanol–water partition coefficient (Wildman–Crippen LogP) is 4.09. The van der Waals surface area contributed by atoms with E-state index in [1.54, 1.807) is 10.6 Å². The van der Waals surface area contributed by atoms with E-state index in [1.807, 2.05) is 25.1 Å². The van der Waals surface area contributed by atoms with E-state index in [2.05, 4.69) is 23.2 Å². The van der Waals surface area contributed by atoms with Gasteiger partial charge in [0, 0.05) is 12.0 Å². The number of hydrogen-bond donors (Lipinski definition) is 1. The first-order chi connectivity index (χ1) is 12.6. The van der Waals surface area contributed by atoms with Crippen LogP contribution < -0.4 is 5.69 Å². The van der Waals surface area contributed by atoms with Crippen LogP contribution in [0, 0.1) is 5.92 Å². The molecule has 2 aromatic carbocycles. The average molecular weight is 369 g/mol. The van der Waals surface area contributed by atoms with Gasteiger partial charge in [0.1, 0.15) is 0 Å². The molecule has 4 nitrogen and oxygen atoms in total. The van der Waals surface area contributed by atoms with Crippen molar-refractivity contribution in [3.63, 3.8) is 0 Å². The SMILES string of the molecule is C[C@@H](CO)Cc1nc(=O)n(-c2ccccc2Cl)c2cc(C3CC3)ccc12. The fraction of sp³-hybridized carbons (Fsp3) is 0.333. The van der Waals surface area contributed by atoms with Crippen molar-refractivity contribution in [2.45, 2.75) is 32.1 Å². The van der Waals surface area contributed by atoms with Crippen molar-refractivity contribution in [3.05, 3.63) is 69.2 Å². The second kappa shape index (κ2) is 6.86. The molecular formula is C21H21ClN2O2. The van der Waals surface area contributed by atoms with Crippen molar-refractivity contribution in [3.8, 4) is 5.69 Å². The zero-order chi connectivity index (χ0) is 18.3. The third-order valence-electron chi connectivity index (χ3n) is 4.99. The molecule has 3 aromatic rings. The summed E-state index contributed by atoms with van der Waals surface area (Å²) in [5, 5.41) is 10.9. The van der Waals surface area contributed by atoms with Gasteiger partial charge in [-0.2, -0.15) is 4.98 Å². The summed E-state index contributed by atoms with van der Waals surface area (Å²) in [6, 6.07) is 13.6. The maximum absolute atomic E-state index is 12.9. The molecule has 0 amide bonds. The zero-order valence-corrected chi connectivity index (χ0v) is 15.4. The second-order valence-corrected chi connectivity index (χ2v) is 7.58. The third-order valence-corrected chi connectivity index (χ3v) is 5.31. The molecule has 1 N–H and O–H groups in total. The summed E-state index contributed by atoms with van der Waals surface area (Å²) in [4.78, 5) is 17.2. The molecule has 0 bridgehead atoms. The quantitative estimate of drug-likeness (QED) is 0.738. The molecule has 0 radical (unpaired) electrons. The molecule has 0 aliphatic heterocycles. The number of halogens is 1. The van der Waals surface area contributed by atoms with Crippen LogP contribution in [0.15, 0.2) is 47.3 Å². The van der Waals surface area contributed by atoms with E-state index in [-0.39, 0.29) is 18.2 Å². The summed E-state index contributed by atoms with van der Waals surface area (Å²) >= 11 is 6.37. The van der Waals surface area contributed by atoms with Crippen LogP contribution in [0.2, 0.25) is 5.02 Å². The Balaban J connectivity index is 2.00. The topological polar surface area (TPSA) is 55.1 Å². The van der Waals surface area contributed by atoms with E-state index in [0.717, 1.165) is 16.6 Å². The van der Waals surface area contributed by atoms with Crippen LogP contribution in [0.25, 0.3) is 16.6 Å². The van der Waals surface area contributed by atoms with Crippen molar-refractivity contribution in [2.24, 2.45) is 5.92 Å². The lowest BCUT2D eigenvalue weighted by molar-refractivity contribution is 0.236. The number of aliphatic hydroxyl groups is 1. The molecule has 0 unspecified atom stereocenters. The smallest absolute Gasteiger partial charge is 0.352 e. The molecule has 1 saturated carbocycles. The van der Waals surface area contributed by atoms with Gasteiger partial charge in [-0.3, -0.25) is 4.57 Å². The van der Waals surface area contributed by atoms with E-state index in [4.69, 9.17) is 11.6 Å². The van der Waals surface area contributed by atoms with Gasteiger partial charge in [-0.1, -0.05) is 42.8 Å². The second-order valence-electron chi connectivity index (χ2n) is 7.17. The lowest BCUT2D eigenvalue weighted by atomic mass is 10.0. The number of rotatable bonds is 5. The largest absolute Gasteiger partial charge is 0.396 e. The third kappa shape index (κ3) is 3.15. The predicted molar refractivity (Wildman–Crippen MR) is 104 cm³/mol. The molecular weight excluding hydrogens is 348 g/mol. The average Bonchev–Trinajstić information content (AvgIpc) is 3.47. The molecule has 5 heteroatoms. The van der Waals surface area contributed by atoms with Gasteiger partial charge in [-0.15, -0.1) is 0 Å². The maximum Gasteiger partial charge on any atom is 0.352 e. The summed E-state index contributed by atoms with van der Waals surface area (Å²) in [5.41, 5.74) is 3.13. The number of nitrogens with zero attached hydrogens (tertiary/aromatic N) is 2. The van der Waals surface area contributed by atoms with Crippen LogP contribution in [0.5, 0.6) is 0 Å². The number of aliphatic hydroxyl groups excluding tert-OH is 1. The molecule has 1 aromatic heterocycles. The highest BCUT2D eigenvalue weighted by Crippen LogP contribution is 2.41. The van der Waals surface area contributed by atoms with E-state index in [1.165, 1.54) is 18.4 Å². The molecule has 0 saturated heterocycles. The molecule has 1 atom stereocenters. The Morgan fingerprint density at radius 2 is 2.04 bits per heavy atom. The van der Waals surface area contributed by atoms with E-state index in [0.29, 0.717) is 23.0 Å². The molecule has 1 heterocycles. The minimum absolute atomic E-state index is 0.0457. The fourth-order valence-electron chi connectivity index (χ4n) is 3.39. The monoisotopic (exact) mass is 368 g/mol. The lowest BCUT2D eigenvalue weighted by Gasteiger charge is -2.16. The minimum atomic E-state index is -0.335. The Kier molecular flexibility index (Phi) is 4.55. The van der Waals surface area contributed by atoms with Crippen LogP contribution in [0.1, 0.15) is 36.9 Å². The van der Waals surface area contributed by atoms with Gasteiger partial charge in [0.15, 0.2) is 0 Å². The first-order valence-corrected chi connectivity index (χ1v) is 9.37. The highest BCUT2D eigenvalue weighted by atomic mass is 35.5. The standard InChI is InChI=1S/C21H21ClN2O2/c1-13(12-25)10-18-16-9-8-15(14-6-7-14)11-20(16)24(21(26)23-18)19-5-3-2-4-17(19)22/h2-5,8-9,11,13-14,25H,6-7,10,12H2,1H3/t13-/m1/s1. The molecule has 1 fully saturated rings. The van der Waals surface area contributed by atoms with E-state index >= 15 is 0 Å². The van der Waals surface area contributed by atoms with Crippen LogP contribution in [-0.2, 0) is 6.42 Å². The number of hydrogen-bond acceptors (Lipinski definition) is 3. The number of benzene rings is 2. The van der Waals surface area contributed by atoms with Gasteiger partial charge in [-0.25, -0.2) is 4.79 Å². The lowest BCUT2D eigenvalue weighted by Crippen LogP contribution is -2.25. The van der Waals surface area contributed by atoms with Gasteiger partial charge in [-0.05, 0) is 54.9 Å². The van der Waals surface area contributed by atoms with Crippen molar-refractivity contribution in [2.75, 3.05) is 6.61 Å². The number of aromatic nitrogens is 2. The van der Waals surface area contributed by atoms with Crippen LogP contribution in [-0.4, -0.2) is 21.3 Å². The van der Waals surface area contributed by atoms with Crippen molar-refractivity contribution >= 4 is 22.5 Å². The van der Waals surface area contributed by atoms with Crippen molar-refractivity contribution < 1.29 is 5.11 Å². The van der Waals surface area contributed by atoms with E-state index < -0.39 is 0 Å². The summed E-state index contributed by atoms with van der Waals surface area (Å²) in [6.45, 7) is 2.02. The highest BCUT2D eigenvalue weighted by molar-refractivity contribution is 6.32. The first-order valence-electron chi connectivity index (χ1n) is 9.00. The van der Waals surface area contributed by atoms with Gasteiger partial charge in [0.05, 0.1) is 21.9 Å². The summed E-state index contributed by atoms with van der Waals surface area (Å²) < 4.78 is 1.61. The Labute approximate surface area is 157 Å². The minimum Gasteiger partial charge on any atom is -0.396 e. The van der Waals surface area contributed by atoms with Crippen molar-refractivity contribution in [1.29, 1.82) is 0 Å². The first kappa shape index (κ1) is 17.3. The van der Waals surface area contributed by atoms with Crippen LogP contribution in [0.4, 0.5) is 0 Å².